The van der Waals surface area contributed by atoms with Crippen LogP contribution in [0, 0.1) is 6.92 Å². The average molecular weight is 297 g/mol. The van der Waals surface area contributed by atoms with Crippen molar-refractivity contribution < 1.29 is 4.52 Å². The summed E-state index contributed by atoms with van der Waals surface area (Å²) in [5, 5.41) is 4.37. The van der Waals surface area contributed by atoms with Crippen LogP contribution in [0.15, 0.2) is 22.7 Å². The second-order valence-corrected chi connectivity index (χ2v) is 4.77. The average Bonchev–Trinajstić information content (AvgIpc) is 2.96. The second kappa shape index (κ2) is 4.83. The Morgan fingerprint density at radius 3 is 2.84 bits per heavy atom. The summed E-state index contributed by atoms with van der Waals surface area (Å²) >= 11 is 12.1. The van der Waals surface area contributed by atoms with Crippen LogP contribution in [0.25, 0.3) is 11.0 Å². The van der Waals surface area contributed by atoms with Crippen LogP contribution in [0.5, 0.6) is 0 Å². The van der Waals surface area contributed by atoms with Gasteiger partial charge in [0.15, 0.2) is 5.82 Å². The molecule has 0 unspecified atom stereocenters. The fraction of sp³-hybridized carbons (Fsp3) is 0.250. The number of para-hydroxylation sites is 1. The van der Waals surface area contributed by atoms with E-state index in [0.29, 0.717) is 23.3 Å². The maximum Gasteiger partial charge on any atom is 0.246 e. The molecule has 0 aliphatic rings. The molecule has 0 bridgehead atoms. The van der Waals surface area contributed by atoms with Crippen molar-refractivity contribution in [1.29, 1.82) is 0 Å². The molecule has 0 saturated heterocycles. The predicted molar refractivity (Wildman–Crippen MR) is 72.4 cm³/mol. The summed E-state index contributed by atoms with van der Waals surface area (Å²) in [6.07, 6.45) is 0. The van der Waals surface area contributed by atoms with E-state index >= 15 is 0 Å². The van der Waals surface area contributed by atoms with Crippen molar-refractivity contribution in [1.82, 2.24) is 19.7 Å². The molecule has 5 nitrogen and oxygen atoms in total. The lowest BCUT2D eigenvalue weighted by Gasteiger charge is -2.03. The Bertz CT molecular complexity index is 734. The minimum absolute atomic E-state index is 0.290. The topological polar surface area (TPSA) is 56.7 Å². The number of halogens is 2. The summed E-state index contributed by atoms with van der Waals surface area (Å²) in [7, 11) is 0. The maximum absolute atomic E-state index is 6.14. The minimum Gasteiger partial charge on any atom is -0.337 e. The van der Waals surface area contributed by atoms with Crippen molar-refractivity contribution in [2.45, 2.75) is 19.3 Å². The summed E-state index contributed by atoms with van der Waals surface area (Å²) in [6, 6.07) is 5.61. The molecule has 0 spiro atoms. The SMILES string of the molecule is Cc1noc(Cn2c(CCl)nc3c(Cl)cccc32)n1. The van der Waals surface area contributed by atoms with Crippen LogP contribution in [0.2, 0.25) is 5.02 Å². The Morgan fingerprint density at radius 2 is 2.16 bits per heavy atom. The van der Waals surface area contributed by atoms with Crippen LogP contribution in [0.3, 0.4) is 0 Å². The fourth-order valence-corrected chi connectivity index (χ4v) is 2.39. The van der Waals surface area contributed by atoms with Crippen LogP contribution in [-0.4, -0.2) is 19.7 Å². The van der Waals surface area contributed by atoms with E-state index in [4.69, 9.17) is 27.7 Å². The first-order valence-electron chi connectivity index (χ1n) is 5.68. The van der Waals surface area contributed by atoms with E-state index in [-0.39, 0.29) is 5.88 Å². The van der Waals surface area contributed by atoms with Crippen molar-refractivity contribution in [3.05, 3.63) is 40.8 Å². The fourth-order valence-electron chi connectivity index (χ4n) is 1.98. The molecule has 7 heteroatoms. The Labute approximate surface area is 119 Å². The van der Waals surface area contributed by atoms with Gasteiger partial charge in [-0.1, -0.05) is 22.8 Å². The Kier molecular flexibility index (Phi) is 3.16. The molecule has 1 aromatic carbocycles. The molecule has 2 aromatic heterocycles. The number of imidazole rings is 1. The molecule has 0 aliphatic carbocycles. The number of hydrogen-bond donors (Lipinski definition) is 0. The van der Waals surface area contributed by atoms with Gasteiger partial charge in [-0.25, -0.2) is 4.98 Å². The van der Waals surface area contributed by atoms with Gasteiger partial charge in [-0.05, 0) is 19.1 Å². The predicted octanol–water partition coefficient (Wildman–Crippen LogP) is 3.17. The minimum atomic E-state index is 0.290. The molecule has 0 N–H and O–H groups in total. The number of fused-ring (bicyclic) bond motifs is 1. The van der Waals surface area contributed by atoms with Gasteiger partial charge in [-0.2, -0.15) is 4.98 Å². The summed E-state index contributed by atoms with van der Waals surface area (Å²) in [4.78, 5) is 8.63. The molecule has 0 atom stereocenters. The first-order chi connectivity index (χ1) is 9.19. The highest BCUT2D eigenvalue weighted by molar-refractivity contribution is 6.35. The van der Waals surface area contributed by atoms with Gasteiger partial charge in [0.05, 0.1) is 16.4 Å². The molecule has 19 heavy (non-hydrogen) atoms. The monoisotopic (exact) mass is 296 g/mol. The Morgan fingerprint density at radius 1 is 1.32 bits per heavy atom. The molecule has 0 amide bonds. The third-order valence-corrected chi connectivity index (χ3v) is 3.34. The highest BCUT2D eigenvalue weighted by Gasteiger charge is 2.14. The lowest BCUT2D eigenvalue weighted by molar-refractivity contribution is 0.368. The smallest absolute Gasteiger partial charge is 0.246 e. The zero-order valence-electron chi connectivity index (χ0n) is 10.1. The lowest BCUT2D eigenvalue weighted by atomic mass is 10.3. The summed E-state index contributed by atoms with van der Waals surface area (Å²) in [5.41, 5.74) is 1.63. The first kappa shape index (κ1) is 12.4. The second-order valence-electron chi connectivity index (χ2n) is 4.09. The van der Waals surface area contributed by atoms with Gasteiger partial charge in [0, 0.05) is 0 Å². The van der Waals surface area contributed by atoms with E-state index in [1.54, 1.807) is 13.0 Å². The van der Waals surface area contributed by atoms with Gasteiger partial charge in [0.2, 0.25) is 5.89 Å². The number of aromatic nitrogens is 4. The standard InChI is InChI=1S/C12H10Cl2N4O/c1-7-15-11(19-17-7)6-18-9-4-2-3-8(14)12(9)16-10(18)5-13/h2-4H,5-6H2,1H3. The Hall–Kier alpha value is -1.59. The van der Waals surface area contributed by atoms with E-state index in [9.17, 15) is 0 Å². The number of aryl methyl sites for hydroxylation is 1. The highest BCUT2D eigenvalue weighted by atomic mass is 35.5. The van der Waals surface area contributed by atoms with Crippen molar-refractivity contribution >= 4 is 34.2 Å². The van der Waals surface area contributed by atoms with Gasteiger partial charge in [-0.3, -0.25) is 0 Å². The third kappa shape index (κ3) is 2.19. The van der Waals surface area contributed by atoms with E-state index in [1.165, 1.54) is 0 Å². The molecule has 3 aromatic rings. The summed E-state index contributed by atoms with van der Waals surface area (Å²) < 4.78 is 7.06. The van der Waals surface area contributed by atoms with Crippen LogP contribution in [0.4, 0.5) is 0 Å². The maximum atomic E-state index is 6.14. The van der Waals surface area contributed by atoms with Crippen LogP contribution in [-0.2, 0) is 12.4 Å². The first-order valence-corrected chi connectivity index (χ1v) is 6.59. The largest absolute Gasteiger partial charge is 0.337 e. The summed E-state index contributed by atoms with van der Waals surface area (Å²) in [5.74, 6) is 2.13. The van der Waals surface area contributed by atoms with Crippen molar-refractivity contribution in [3.63, 3.8) is 0 Å². The normalized spacial score (nSPS) is 11.3. The molecule has 0 fully saturated rings. The van der Waals surface area contributed by atoms with Crippen molar-refractivity contribution in [3.8, 4) is 0 Å². The quantitative estimate of drug-likeness (QED) is 0.697. The van der Waals surface area contributed by atoms with Gasteiger partial charge >= 0.3 is 0 Å². The molecular weight excluding hydrogens is 287 g/mol. The number of nitrogens with zero attached hydrogens (tertiary/aromatic N) is 4. The van der Waals surface area contributed by atoms with E-state index in [1.807, 2.05) is 16.7 Å². The zero-order chi connectivity index (χ0) is 13.4. The lowest BCUT2D eigenvalue weighted by Crippen LogP contribution is -2.04. The number of alkyl halides is 1. The van der Waals surface area contributed by atoms with Gasteiger partial charge in [0.25, 0.3) is 0 Å². The Balaban J connectivity index is 2.13. The van der Waals surface area contributed by atoms with E-state index in [0.717, 1.165) is 16.9 Å². The zero-order valence-corrected chi connectivity index (χ0v) is 11.6. The number of benzene rings is 1. The molecule has 0 radical (unpaired) electrons. The number of rotatable bonds is 3. The molecule has 0 saturated carbocycles. The van der Waals surface area contributed by atoms with Gasteiger partial charge in [-0.15, -0.1) is 11.6 Å². The van der Waals surface area contributed by atoms with Crippen molar-refractivity contribution in [2.24, 2.45) is 0 Å². The highest BCUT2D eigenvalue weighted by Crippen LogP contribution is 2.25. The molecule has 98 valence electrons. The van der Waals surface area contributed by atoms with E-state index < -0.39 is 0 Å². The van der Waals surface area contributed by atoms with Crippen molar-refractivity contribution in [2.75, 3.05) is 0 Å². The molecule has 3 rings (SSSR count). The number of hydrogen-bond acceptors (Lipinski definition) is 4. The van der Waals surface area contributed by atoms with Crippen LogP contribution < -0.4 is 0 Å². The molecular formula is C12H10Cl2N4O. The summed E-state index contributed by atoms with van der Waals surface area (Å²) in [6.45, 7) is 2.21. The van der Waals surface area contributed by atoms with Crippen LogP contribution >= 0.6 is 23.2 Å². The molecule has 0 aliphatic heterocycles. The van der Waals surface area contributed by atoms with Crippen LogP contribution in [0.1, 0.15) is 17.5 Å². The molecule has 2 heterocycles. The van der Waals surface area contributed by atoms with Gasteiger partial charge in [0.1, 0.15) is 17.9 Å². The van der Waals surface area contributed by atoms with E-state index in [2.05, 4.69) is 15.1 Å². The third-order valence-electron chi connectivity index (χ3n) is 2.79. The van der Waals surface area contributed by atoms with Gasteiger partial charge < -0.3 is 9.09 Å².